The van der Waals surface area contributed by atoms with E-state index in [9.17, 15) is 14.0 Å². The molecule has 2 rings (SSSR count). The quantitative estimate of drug-likeness (QED) is 0.854. The molecule has 0 saturated carbocycles. The van der Waals surface area contributed by atoms with Crippen molar-refractivity contribution in [1.29, 1.82) is 0 Å². The molecule has 1 aliphatic carbocycles. The van der Waals surface area contributed by atoms with Crippen molar-refractivity contribution < 1.29 is 19.1 Å². The van der Waals surface area contributed by atoms with E-state index < -0.39 is 17.7 Å². The molecule has 5 heteroatoms. The summed E-state index contributed by atoms with van der Waals surface area (Å²) in [7, 11) is 0. The number of carboxylic acids is 1. The molecule has 0 heterocycles. The Hall–Kier alpha value is -1.23. The molecule has 1 atom stereocenters. The van der Waals surface area contributed by atoms with E-state index >= 15 is 0 Å². The van der Waals surface area contributed by atoms with E-state index in [-0.39, 0.29) is 23.3 Å². The summed E-state index contributed by atoms with van der Waals surface area (Å²) in [5, 5.41) is 8.84. The molecule has 3 nitrogen and oxygen atoms in total. The van der Waals surface area contributed by atoms with Gasteiger partial charge in [-0.05, 0) is 12.1 Å². The van der Waals surface area contributed by atoms with Gasteiger partial charge in [0.1, 0.15) is 5.82 Å². The van der Waals surface area contributed by atoms with Crippen molar-refractivity contribution in [3.05, 3.63) is 33.5 Å². The van der Waals surface area contributed by atoms with Gasteiger partial charge in [0.25, 0.3) is 0 Å². The van der Waals surface area contributed by atoms with Gasteiger partial charge in [0.05, 0.1) is 5.92 Å². The van der Waals surface area contributed by atoms with Gasteiger partial charge in [-0.2, -0.15) is 0 Å². The van der Waals surface area contributed by atoms with Crippen molar-refractivity contribution in [3.63, 3.8) is 0 Å². The van der Waals surface area contributed by atoms with Gasteiger partial charge in [0.2, 0.25) is 0 Å². The van der Waals surface area contributed by atoms with Gasteiger partial charge >= 0.3 is 5.97 Å². The van der Waals surface area contributed by atoms with Crippen LogP contribution in [0.4, 0.5) is 4.39 Å². The van der Waals surface area contributed by atoms with E-state index in [4.69, 9.17) is 5.11 Å². The minimum atomic E-state index is -1.16. The lowest BCUT2D eigenvalue weighted by molar-refractivity contribution is -0.138. The Morgan fingerprint density at radius 3 is 2.80 bits per heavy atom. The second-order valence-electron chi connectivity index (χ2n) is 3.37. The van der Waals surface area contributed by atoms with Crippen LogP contribution >= 0.6 is 15.9 Å². The van der Waals surface area contributed by atoms with E-state index in [2.05, 4.69) is 15.9 Å². The second-order valence-corrected chi connectivity index (χ2v) is 4.28. The van der Waals surface area contributed by atoms with Gasteiger partial charge in [-0.1, -0.05) is 15.9 Å². The van der Waals surface area contributed by atoms with Crippen molar-refractivity contribution in [2.24, 2.45) is 0 Å². The van der Waals surface area contributed by atoms with Gasteiger partial charge in [-0.15, -0.1) is 0 Å². The topological polar surface area (TPSA) is 54.4 Å². The summed E-state index contributed by atoms with van der Waals surface area (Å²) >= 11 is 3.06. The Balaban J connectivity index is 2.65. The average Bonchev–Trinajstić information content (AvgIpc) is 2.44. The summed E-state index contributed by atoms with van der Waals surface area (Å²) < 4.78 is 13.9. The van der Waals surface area contributed by atoms with Crippen LogP contribution in [0.15, 0.2) is 16.6 Å². The smallest absolute Gasteiger partial charge is 0.311 e. The number of rotatable bonds is 1. The maximum atomic E-state index is 13.5. The zero-order valence-electron chi connectivity index (χ0n) is 7.46. The Labute approximate surface area is 93.0 Å². The molecule has 78 valence electrons. The Morgan fingerprint density at radius 2 is 2.20 bits per heavy atom. The Morgan fingerprint density at radius 1 is 1.53 bits per heavy atom. The number of carbonyl (C=O) groups is 2. The highest BCUT2D eigenvalue weighted by Crippen LogP contribution is 2.36. The average molecular weight is 273 g/mol. The third-order valence-corrected chi connectivity index (χ3v) is 2.89. The van der Waals surface area contributed by atoms with Gasteiger partial charge < -0.3 is 5.11 Å². The van der Waals surface area contributed by atoms with Gasteiger partial charge in [0, 0.05) is 22.0 Å². The summed E-state index contributed by atoms with van der Waals surface area (Å²) in [5.74, 6) is -3.17. The van der Waals surface area contributed by atoms with E-state index in [1.165, 1.54) is 12.1 Å². The van der Waals surface area contributed by atoms with Crippen LogP contribution in [0.2, 0.25) is 0 Å². The van der Waals surface area contributed by atoms with Crippen molar-refractivity contribution >= 4 is 27.7 Å². The number of fused-ring (bicyclic) bond motifs is 1. The van der Waals surface area contributed by atoms with Crippen LogP contribution in [0.5, 0.6) is 0 Å². The second kappa shape index (κ2) is 3.41. The van der Waals surface area contributed by atoms with Gasteiger partial charge in [-0.25, -0.2) is 4.39 Å². The van der Waals surface area contributed by atoms with Crippen LogP contribution in [0.3, 0.4) is 0 Å². The minimum absolute atomic E-state index is 0.00991. The molecule has 1 aliphatic rings. The number of hydrogen-bond donors (Lipinski definition) is 1. The van der Waals surface area contributed by atoms with Crippen LogP contribution < -0.4 is 0 Å². The zero-order valence-corrected chi connectivity index (χ0v) is 9.04. The fourth-order valence-electron chi connectivity index (χ4n) is 1.78. The van der Waals surface area contributed by atoms with Gasteiger partial charge in [-0.3, -0.25) is 9.59 Å². The number of carbonyl (C=O) groups excluding carboxylic acids is 1. The number of benzene rings is 1. The van der Waals surface area contributed by atoms with Crippen LogP contribution in [0, 0.1) is 5.82 Å². The number of hydrogen-bond acceptors (Lipinski definition) is 2. The molecule has 0 fully saturated rings. The molecule has 0 unspecified atom stereocenters. The lowest BCUT2D eigenvalue weighted by Crippen LogP contribution is -2.09. The maximum Gasteiger partial charge on any atom is 0.311 e. The van der Waals surface area contributed by atoms with E-state index in [0.717, 1.165) is 0 Å². The first-order chi connectivity index (χ1) is 7.00. The van der Waals surface area contributed by atoms with E-state index in [1.807, 2.05) is 0 Å². The third-order valence-electron chi connectivity index (χ3n) is 2.43. The predicted octanol–water partition coefficient (Wildman–Crippen LogP) is 2.34. The SMILES string of the molecule is O=C1C[C@H](C(=O)O)c2c(F)cc(Br)cc21. The van der Waals surface area contributed by atoms with Crippen molar-refractivity contribution in [2.45, 2.75) is 12.3 Å². The number of aliphatic carboxylic acids is 1. The minimum Gasteiger partial charge on any atom is -0.481 e. The lowest BCUT2D eigenvalue weighted by atomic mass is 10.0. The molecular formula is C10H6BrFO3. The predicted molar refractivity (Wildman–Crippen MR) is 53.4 cm³/mol. The van der Waals surface area contributed by atoms with Gasteiger partial charge in [0.15, 0.2) is 5.78 Å². The zero-order chi connectivity index (χ0) is 11.2. The van der Waals surface area contributed by atoms with Crippen LogP contribution in [0.25, 0.3) is 0 Å². The number of Topliss-reactive ketones (excluding diaryl/α,β-unsaturated/α-hetero) is 1. The molecule has 1 aromatic rings. The highest BCUT2D eigenvalue weighted by atomic mass is 79.9. The molecule has 0 spiro atoms. The summed E-state index contributed by atoms with van der Waals surface area (Å²) in [6, 6.07) is 2.64. The summed E-state index contributed by atoms with van der Waals surface area (Å²) in [5.41, 5.74) is 0.185. The first kappa shape index (κ1) is 10.3. The van der Waals surface area contributed by atoms with Crippen LogP contribution in [-0.2, 0) is 4.79 Å². The highest BCUT2D eigenvalue weighted by Gasteiger charge is 2.37. The molecule has 0 radical (unpaired) electrons. The molecule has 0 aliphatic heterocycles. The monoisotopic (exact) mass is 272 g/mol. The first-order valence-corrected chi connectivity index (χ1v) is 5.05. The van der Waals surface area contributed by atoms with E-state index in [0.29, 0.717) is 4.47 Å². The molecular weight excluding hydrogens is 267 g/mol. The van der Waals surface area contributed by atoms with Crippen LogP contribution in [0.1, 0.15) is 28.3 Å². The summed E-state index contributed by atoms with van der Waals surface area (Å²) in [4.78, 5) is 22.3. The van der Waals surface area contributed by atoms with Crippen molar-refractivity contribution in [2.75, 3.05) is 0 Å². The summed E-state index contributed by atoms with van der Waals surface area (Å²) in [6.45, 7) is 0. The maximum absolute atomic E-state index is 13.5. The summed E-state index contributed by atoms with van der Waals surface area (Å²) in [6.07, 6.45) is -0.155. The molecule has 0 aromatic heterocycles. The normalized spacial score (nSPS) is 19.1. The standard InChI is InChI=1S/C10H6BrFO3/c11-4-1-5-8(13)3-6(10(14)15)9(5)7(12)2-4/h1-2,6H,3H2,(H,14,15)/t6-/m0/s1. The van der Waals surface area contributed by atoms with E-state index in [1.54, 1.807) is 0 Å². The fraction of sp³-hybridized carbons (Fsp3) is 0.200. The molecule has 0 amide bonds. The Kier molecular flexibility index (Phi) is 2.34. The lowest BCUT2D eigenvalue weighted by Gasteiger charge is -2.06. The third kappa shape index (κ3) is 1.56. The highest BCUT2D eigenvalue weighted by molar-refractivity contribution is 9.10. The van der Waals surface area contributed by atoms with Crippen molar-refractivity contribution in [3.8, 4) is 0 Å². The number of ketones is 1. The molecule has 0 saturated heterocycles. The fourth-order valence-corrected chi connectivity index (χ4v) is 2.21. The Bertz CT molecular complexity index is 470. The first-order valence-electron chi connectivity index (χ1n) is 4.25. The molecule has 1 aromatic carbocycles. The number of carboxylic acid groups (broad SMARTS) is 1. The largest absolute Gasteiger partial charge is 0.481 e. The molecule has 1 N–H and O–H groups in total. The van der Waals surface area contributed by atoms with Crippen molar-refractivity contribution in [1.82, 2.24) is 0 Å². The van der Waals surface area contributed by atoms with Crippen LogP contribution in [-0.4, -0.2) is 16.9 Å². The molecule has 15 heavy (non-hydrogen) atoms. The molecule has 0 bridgehead atoms. The number of halogens is 2.